The lowest BCUT2D eigenvalue weighted by atomic mass is 9.95. The normalized spacial score (nSPS) is 17.1. The van der Waals surface area contributed by atoms with Gasteiger partial charge in [-0.3, -0.25) is 14.5 Å². The number of phenolic OH excluding ortho intramolecular Hbond substituents is 1. The monoisotopic (exact) mass is 533 g/mol. The Kier molecular flexibility index (Phi) is 6.85. The van der Waals surface area contributed by atoms with E-state index in [1.54, 1.807) is 24.3 Å². The molecule has 1 heterocycles. The number of aromatic hydroxyl groups is 1. The number of rotatable bonds is 5. The summed E-state index contributed by atoms with van der Waals surface area (Å²) < 4.78 is 10.3. The molecule has 1 fully saturated rings. The molecule has 1 saturated heterocycles. The van der Waals surface area contributed by atoms with E-state index < -0.39 is 23.5 Å². The molecule has 7 nitrogen and oxygen atoms in total. The highest BCUT2D eigenvalue weighted by molar-refractivity contribution is 6.52. The highest BCUT2D eigenvalue weighted by atomic mass is 35.5. The minimum atomic E-state index is -1.04. The Morgan fingerprint density at radius 1 is 0.886 bits per heavy atom. The molecule has 3 aromatic carbocycles. The molecule has 3 aromatic rings. The number of methoxy groups -OCH3 is 2. The summed E-state index contributed by atoms with van der Waals surface area (Å²) in [6, 6.07) is 12.3. The van der Waals surface area contributed by atoms with Gasteiger partial charge in [-0.15, -0.1) is 0 Å². The Bertz CT molecular complexity index is 1350. The van der Waals surface area contributed by atoms with Gasteiger partial charge in [0.25, 0.3) is 11.7 Å². The van der Waals surface area contributed by atoms with Gasteiger partial charge in [0, 0.05) is 11.3 Å². The minimum Gasteiger partial charge on any atom is -0.508 e. The predicted molar refractivity (Wildman–Crippen MR) is 134 cm³/mol. The Hall–Kier alpha value is -3.39. The summed E-state index contributed by atoms with van der Waals surface area (Å²) in [5, 5.41) is 21.4. The molecular formula is C25H18Cl3NO6. The number of amides is 1. The summed E-state index contributed by atoms with van der Waals surface area (Å²) in [6.45, 7) is 0. The van der Waals surface area contributed by atoms with E-state index in [-0.39, 0.29) is 37.7 Å². The molecular weight excluding hydrogens is 517 g/mol. The van der Waals surface area contributed by atoms with Crippen molar-refractivity contribution < 1.29 is 29.3 Å². The van der Waals surface area contributed by atoms with Crippen LogP contribution in [-0.2, 0) is 9.59 Å². The molecule has 35 heavy (non-hydrogen) atoms. The number of hydrogen-bond donors (Lipinski definition) is 2. The summed E-state index contributed by atoms with van der Waals surface area (Å²) in [4.78, 5) is 27.7. The molecule has 0 saturated carbocycles. The van der Waals surface area contributed by atoms with Crippen molar-refractivity contribution in [2.24, 2.45) is 0 Å². The number of halogens is 3. The number of aliphatic hydroxyl groups is 1. The number of aliphatic hydroxyl groups excluding tert-OH is 1. The van der Waals surface area contributed by atoms with Crippen LogP contribution in [0.5, 0.6) is 17.2 Å². The van der Waals surface area contributed by atoms with Crippen LogP contribution in [0.4, 0.5) is 5.69 Å². The van der Waals surface area contributed by atoms with Crippen LogP contribution in [0, 0.1) is 0 Å². The molecule has 4 rings (SSSR count). The van der Waals surface area contributed by atoms with E-state index in [4.69, 9.17) is 44.3 Å². The van der Waals surface area contributed by atoms with Crippen LogP contribution in [0.25, 0.3) is 5.76 Å². The predicted octanol–water partition coefficient (Wildman–Crippen LogP) is 6.00. The number of carbonyl (C=O) groups excluding carboxylic acids is 2. The van der Waals surface area contributed by atoms with Crippen LogP contribution in [0.1, 0.15) is 17.2 Å². The van der Waals surface area contributed by atoms with Crippen LogP contribution in [0.15, 0.2) is 60.2 Å². The molecule has 10 heteroatoms. The lowest BCUT2D eigenvalue weighted by molar-refractivity contribution is -0.132. The summed E-state index contributed by atoms with van der Waals surface area (Å²) in [5.74, 6) is -1.70. The van der Waals surface area contributed by atoms with Gasteiger partial charge in [0.15, 0.2) is 5.75 Å². The second-order valence-corrected chi connectivity index (χ2v) is 8.77. The third kappa shape index (κ3) is 4.38. The lowest BCUT2D eigenvalue weighted by Gasteiger charge is -2.26. The minimum absolute atomic E-state index is 0.00749. The molecule has 0 aliphatic carbocycles. The summed E-state index contributed by atoms with van der Waals surface area (Å²) >= 11 is 18.7. The van der Waals surface area contributed by atoms with Gasteiger partial charge in [-0.25, -0.2) is 0 Å². The van der Waals surface area contributed by atoms with Crippen LogP contribution in [0.3, 0.4) is 0 Å². The second-order valence-electron chi connectivity index (χ2n) is 7.55. The molecule has 1 aliphatic heterocycles. The zero-order chi connectivity index (χ0) is 25.4. The fourth-order valence-electron chi connectivity index (χ4n) is 3.92. The van der Waals surface area contributed by atoms with E-state index in [0.717, 1.165) is 0 Å². The molecule has 1 aliphatic rings. The molecule has 1 atom stereocenters. The van der Waals surface area contributed by atoms with Gasteiger partial charge in [0.05, 0.1) is 40.9 Å². The fourth-order valence-corrected chi connectivity index (χ4v) is 4.82. The van der Waals surface area contributed by atoms with E-state index in [0.29, 0.717) is 17.0 Å². The van der Waals surface area contributed by atoms with Crippen LogP contribution in [0.2, 0.25) is 15.1 Å². The van der Waals surface area contributed by atoms with Crippen molar-refractivity contribution in [3.05, 3.63) is 86.4 Å². The SMILES string of the molecule is COc1ccc(N2C(=O)C(=O)/C(=C(/O)c3cc(Cl)c(OC)c(Cl)c3)C2c2ccc(O)cc2)cc1Cl. The topological polar surface area (TPSA) is 96.3 Å². The zero-order valence-corrected chi connectivity index (χ0v) is 20.6. The van der Waals surface area contributed by atoms with Gasteiger partial charge in [0.1, 0.15) is 17.3 Å². The van der Waals surface area contributed by atoms with Crippen LogP contribution >= 0.6 is 34.8 Å². The van der Waals surface area contributed by atoms with Crippen molar-refractivity contribution in [1.29, 1.82) is 0 Å². The molecule has 180 valence electrons. The maximum absolute atomic E-state index is 13.2. The quantitative estimate of drug-likeness (QED) is 0.237. The van der Waals surface area contributed by atoms with Crippen LogP contribution in [-0.4, -0.2) is 36.1 Å². The summed E-state index contributed by atoms with van der Waals surface area (Å²) in [5.41, 5.74) is 0.697. The first kappa shape index (κ1) is 24.7. The first-order chi connectivity index (χ1) is 16.7. The standard InChI is InChI=1S/C25H18Cl3NO6/c1-34-19-8-5-14(11-16(19)26)29-21(12-3-6-15(30)7-4-12)20(23(32)25(29)33)22(31)13-9-17(27)24(35-2)18(28)10-13/h3-11,21,30-31H,1-2H3/b22-20+. The number of benzene rings is 3. The molecule has 2 N–H and O–H groups in total. The van der Waals surface area contributed by atoms with Crippen molar-refractivity contribution in [1.82, 2.24) is 0 Å². The largest absolute Gasteiger partial charge is 0.508 e. The average molecular weight is 535 g/mol. The number of Topliss-reactive ketones (excluding diaryl/α,β-unsaturated/α-hetero) is 1. The third-order valence-corrected chi connectivity index (χ3v) is 6.40. The lowest BCUT2D eigenvalue weighted by Crippen LogP contribution is -2.29. The Morgan fingerprint density at radius 2 is 1.51 bits per heavy atom. The average Bonchev–Trinajstić information content (AvgIpc) is 3.09. The highest BCUT2D eigenvalue weighted by Crippen LogP contribution is 2.45. The molecule has 0 bridgehead atoms. The number of ketones is 1. The van der Waals surface area contributed by atoms with Gasteiger partial charge in [-0.05, 0) is 48.0 Å². The van der Waals surface area contributed by atoms with Crippen molar-refractivity contribution in [3.8, 4) is 17.2 Å². The first-order valence-electron chi connectivity index (χ1n) is 10.1. The highest BCUT2D eigenvalue weighted by Gasteiger charge is 2.47. The Morgan fingerprint density at radius 3 is 2.06 bits per heavy atom. The second kappa shape index (κ2) is 9.70. The van der Waals surface area contributed by atoms with Gasteiger partial charge in [0.2, 0.25) is 0 Å². The van der Waals surface area contributed by atoms with E-state index in [9.17, 15) is 19.8 Å². The van der Waals surface area contributed by atoms with Crippen molar-refractivity contribution >= 4 is 57.9 Å². The van der Waals surface area contributed by atoms with E-state index >= 15 is 0 Å². The van der Waals surface area contributed by atoms with Crippen LogP contribution < -0.4 is 14.4 Å². The fraction of sp³-hybridized carbons (Fsp3) is 0.120. The van der Waals surface area contributed by atoms with Gasteiger partial charge in [-0.2, -0.15) is 0 Å². The number of nitrogens with zero attached hydrogens (tertiary/aromatic N) is 1. The zero-order valence-electron chi connectivity index (χ0n) is 18.4. The molecule has 0 aromatic heterocycles. The molecule has 1 amide bonds. The Labute approximate surface area is 215 Å². The number of carbonyl (C=O) groups is 2. The van der Waals surface area contributed by atoms with Gasteiger partial charge < -0.3 is 19.7 Å². The number of anilines is 1. The smallest absolute Gasteiger partial charge is 0.300 e. The Balaban J connectivity index is 1.95. The molecule has 1 unspecified atom stereocenters. The maximum Gasteiger partial charge on any atom is 0.300 e. The first-order valence-corrected chi connectivity index (χ1v) is 11.3. The van der Waals surface area contributed by atoms with Crippen molar-refractivity contribution in [3.63, 3.8) is 0 Å². The number of phenols is 1. The van der Waals surface area contributed by atoms with E-state index in [1.165, 1.54) is 49.5 Å². The van der Waals surface area contributed by atoms with E-state index in [2.05, 4.69) is 0 Å². The summed E-state index contributed by atoms with van der Waals surface area (Å²) in [7, 11) is 2.84. The number of hydrogen-bond acceptors (Lipinski definition) is 6. The van der Waals surface area contributed by atoms with Crippen molar-refractivity contribution in [2.45, 2.75) is 6.04 Å². The molecule has 0 spiro atoms. The van der Waals surface area contributed by atoms with Crippen molar-refractivity contribution in [2.75, 3.05) is 19.1 Å². The van der Waals surface area contributed by atoms with E-state index in [1.807, 2.05) is 0 Å². The third-order valence-electron chi connectivity index (χ3n) is 5.54. The van der Waals surface area contributed by atoms with Gasteiger partial charge in [-0.1, -0.05) is 46.9 Å². The molecule has 0 radical (unpaired) electrons. The number of ether oxygens (including phenoxy) is 2. The van der Waals surface area contributed by atoms with Gasteiger partial charge >= 0.3 is 0 Å². The maximum atomic E-state index is 13.2. The summed E-state index contributed by atoms with van der Waals surface area (Å²) in [6.07, 6.45) is 0.